The van der Waals surface area contributed by atoms with Crippen LogP contribution in [-0.4, -0.2) is 46.9 Å². The highest BCUT2D eigenvalue weighted by Gasteiger charge is 2.33. The summed E-state index contributed by atoms with van der Waals surface area (Å²) in [7, 11) is 1.58. The van der Waals surface area contributed by atoms with Crippen LogP contribution in [0.3, 0.4) is 0 Å². The summed E-state index contributed by atoms with van der Waals surface area (Å²) in [6, 6.07) is 10.1. The lowest BCUT2D eigenvalue weighted by Crippen LogP contribution is -2.41. The topological polar surface area (TPSA) is 79.7 Å². The second-order valence-electron chi connectivity index (χ2n) is 7.00. The minimum atomic E-state index is -0.820. The van der Waals surface area contributed by atoms with Crippen LogP contribution in [0.2, 0.25) is 0 Å². The number of hydrogen-bond donors (Lipinski definition) is 1. The highest BCUT2D eigenvalue weighted by molar-refractivity contribution is 6.07. The van der Waals surface area contributed by atoms with E-state index in [4.69, 9.17) is 4.74 Å². The molecule has 0 bridgehead atoms. The largest absolute Gasteiger partial charge is 0.497 e. The molecule has 6 nitrogen and oxygen atoms in total. The summed E-state index contributed by atoms with van der Waals surface area (Å²) >= 11 is 0. The van der Waals surface area contributed by atoms with Gasteiger partial charge in [-0.3, -0.25) is 14.6 Å². The van der Waals surface area contributed by atoms with Crippen molar-refractivity contribution in [2.45, 2.75) is 26.2 Å². The maximum Gasteiger partial charge on any atom is 0.308 e. The zero-order chi connectivity index (χ0) is 20.1. The van der Waals surface area contributed by atoms with Gasteiger partial charge in [-0.1, -0.05) is 5.92 Å². The molecular weight excluding hydrogens is 356 g/mol. The number of fused-ring (bicyclic) bond motifs is 1. The van der Waals surface area contributed by atoms with E-state index in [0.29, 0.717) is 30.7 Å². The highest BCUT2D eigenvalue weighted by atomic mass is 16.5. The van der Waals surface area contributed by atoms with E-state index < -0.39 is 11.9 Å². The minimum absolute atomic E-state index is 0.000529. The molecule has 1 fully saturated rings. The van der Waals surface area contributed by atoms with Crippen molar-refractivity contribution >= 4 is 22.7 Å². The molecule has 1 N–H and O–H groups in total. The minimum Gasteiger partial charge on any atom is -0.497 e. The first kappa shape index (κ1) is 19.7. The van der Waals surface area contributed by atoms with Crippen molar-refractivity contribution in [1.82, 2.24) is 9.88 Å². The number of aliphatic carboxylic acids is 1. The first-order valence-electron chi connectivity index (χ1n) is 9.39. The number of piperidine rings is 1. The average Bonchev–Trinajstić information content (AvgIpc) is 2.71. The number of carboxylic acids is 1. The van der Waals surface area contributed by atoms with Crippen LogP contribution in [0.15, 0.2) is 30.5 Å². The summed E-state index contributed by atoms with van der Waals surface area (Å²) in [6.45, 7) is 2.89. The number of hydrogen-bond acceptors (Lipinski definition) is 5. The number of Topliss-reactive ketones (excluding diaryl/α,β-unsaturated/α-hetero) is 1. The Labute approximate surface area is 164 Å². The fourth-order valence-corrected chi connectivity index (χ4v) is 3.83. The molecule has 1 saturated heterocycles. The molecule has 0 aliphatic carbocycles. The Morgan fingerprint density at radius 2 is 2.18 bits per heavy atom. The standard InChI is InChI=1S/C22H24N2O4/c1-3-11-24-12-9-15(19(14-24)22(26)27)4-7-21(25)17-8-10-23-20-6-5-16(28-2)13-18(17)20/h5-6,8,10,13,15,19H,4,7,9,12,14H2,1-2H3,(H,26,27)/t15-,19+/m1/s1. The van der Waals surface area contributed by atoms with Gasteiger partial charge in [-0.2, -0.15) is 0 Å². The number of rotatable bonds is 6. The molecule has 0 radical (unpaired) electrons. The van der Waals surface area contributed by atoms with Gasteiger partial charge in [-0.15, -0.1) is 0 Å². The molecular formula is C22H24N2O4. The summed E-state index contributed by atoms with van der Waals surface area (Å²) in [5, 5.41) is 10.4. The van der Waals surface area contributed by atoms with Crippen molar-refractivity contribution in [2.75, 3.05) is 20.2 Å². The molecule has 0 spiro atoms. The van der Waals surface area contributed by atoms with Crippen molar-refractivity contribution in [1.29, 1.82) is 0 Å². The zero-order valence-electron chi connectivity index (χ0n) is 16.1. The third kappa shape index (κ3) is 4.25. The Hall–Kier alpha value is -3.07. The summed E-state index contributed by atoms with van der Waals surface area (Å²) < 4.78 is 5.26. The summed E-state index contributed by atoms with van der Waals surface area (Å²) in [6.07, 6.45) is 3.22. The first-order valence-corrected chi connectivity index (χ1v) is 9.39. The van der Waals surface area contributed by atoms with E-state index in [0.717, 1.165) is 23.9 Å². The Kier molecular flexibility index (Phi) is 6.15. The number of pyridine rings is 1. The summed E-state index contributed by atoms with van der Waals surface area (Å²) in [4.78, 5) is 30.8. The van der Waals surface area contributed by atoms with Crippen LogP contribution in [0.25, 0.3) is 10.9 Å². The Bertz CT molecular complexity index is 944. The highest BCUT2D eigenvalue weighted by Crippen LogP contribution is 2.29. The second kappa shape index (κ2) is 8.75. The van der Waals surface area contributed by atoms with Crippen LogP contribution in [0.4, 0.5) is 0 Å². The van der Waals surface area contributed by atoms with Crippen LogP contribution in [-0.2, 0) is 4.79 Å². The van der Waals surface area contributed by atoms with Crippen molar-refractivity contribution in [3.63, 3.8) is 0 Å². The predicted octanol–water partition coefficient (Wildman–Crippen LogP) is 3.21. The van der Waals surface area contributed by atoms with Crippen molar-refractivity contribution in [2.24, 2.45) is 11.8 Å². The molecule has 2 aromatic rings. The van der Waals surface area contributed by atoms with Gasteiger partial charge in [0.25, 0.3) is 0 Å². The predicted molar refractivity (Wildman–Crippen MR) is 106 cm³/mol. The van der Waals surface area contributed by atoms with Crippen LogP contribution in [0.1, 0.15) is 36.5 Å². The SMILES string of the molecule is CC#CN1CC[C@@H](CCC(=O)c2ccnc3ccc(OC)cc23)[C@@H](C(=O)O)C1. The molecule has 146 valence electrons. The average molecular weight is 380 g/mol. The molecule has 1 aliphatic heterocycles. The number of carbonyl (C=O) groups is 2. The van der Waals surface area contributed by atoms with Crippen LogP contribution < -0.4 is 4.74 Å². The molecule has 0 saturated carbocycles. The van der Waals surface area contributed by atoms with Crippen LogP contribution >= 0.6 is 0 Å². The number of aromatic nitrogens is 1. The van der Waals surface area contributed by atoms with Crippen molar-refractivity contribution in [3.05, 3.63) is 36.0 Å². The van der Waals surface area contributed by atoms with E-state index in [2.05, 4.69) is 16.9 Å². The number of ether oxygens (including phenoxy) is 1. The Morgan fingerprint density at radius 3 is 2.89 bits per heavy atom. The number of nitrogens with zero attached hydrogens (tertiary/aromatic N) is 2. The van der Waals surface area contributed by atoms with Gasteiger partial charge in [-0.25, -0.2) is 0 Å². The molecule has 6 heteroatoms. The number of ketones is 1. The van der Waals surface area contributed by atoms with Crippen LogP contribution in [0.5, 0.6) is 5.75 Å². The number of likely N-dealkylation sites (tertiary alicyclic amines) is 1. The van der Waals surface area contributed by atoms with Crippen molar-refractivity contribution in [3.8, 4) is 17.7 Å². The third-order valence-electron chi connectivity index (χ3n) is 5.33. The summed E-state index contributed by atoms with van der Waals surface area (Å²) in [5.74, 6) is 2.14. The molecule has 3 rings (SSSR count). The number of carbonyl (C=O) groups excluding carboxylic acids is 1. The molecule has 0 amide bonds. The fourth-order valence-electron chi connectivity index (χ4n) is 3.83. The van der Waals surface area contributed by atoms with Gasteiger partial charge in [-0.05, 0) is 49.9 Å². The molecule has 2 heterocycles. The van der Waals surface area contributed by atoms with E-state index in [-0.39, 0.29) is 11.7 Å². The maximum atomic E-state index is 12.9. The van der Waals surface area contributed by atoms with Crippen LogP contribution in [0, 0.1) is 23.8 Å². The molecule has 1 aliphatic rings. The lowest BCUT2D eigenvalue weighted by Gasteiger charge is -2.34. The molecule has 28 heavy (non-hydrogen) atoms. The normalized spacial score (nSPS) is 19.0. The van der Waals surface area contributed by atoms with Gasteiger partial charge in [0.1, 0.15) is 5.75 Å². The third-order valence-corrected chi connectivity index (χ3v) is 5.33. The van der Waals surface area contributed by atoms with Gasteiger partial charge < -0.3 is 14.7 Å². The smallest absolute Gasteiger partial charge is 0.308 e. The molecule has 2 atom stereocenters. The first-order chi connectivity index (χ1) is 13.5. The molecule has 1 aromatic carbocycles. The number of carboxylic acid groups (broad SMARTS) is 1. The van der Waals surface area contributed by atoms with Gasteiger partial charge in [0.05, 0.1) is 18.5 Å². The molecule has 1 aromatic heterocycles. The lowest BCUT2D eigenvalue weighted by molar-refractivity contribution is -0.145. The van der Waals surface area contributed by atoms with E-state index in [1.54, 1.807) is 26.3 Å². The fraction of sp³-hybridized carbons (Fsp3) is 0.409. The van der Waals surface area contributed by atoms with Crippen molar-refractivity contribution < 1.29 is 19.4 Å². The summed E-state index contributed by atoms with van der Waals surface area (Å²) in [5.41, 5.74) is 1.34. The van der Waals surface area contributed by atoms with E-state index in [1.165, 1.54) is 0 Å². The number of benzene rings is 1. The molecule has 0 unspecified atom stereocenters. The lowest BCUT2D eigenvalue weighted by atomic mass is 9.81. The van der Waals surface area contributed by atoms with Gasteiger partial charge in [0.2, 0.25) is 0 Å². The monoisotopic (exact) mass is 380 g/mol. The quantitative estimate of drug-likeness (QED) is 0.612. The maximum absolute atomic E-state index is 12.9. The zero-order valence-corrected chi connectivity index (χ0v) is 16.1. The van der Waals surface area contributed by atoms with Gasteiger partial charge in [0.15, 0.2) is 5.78 Å². The Morgan fingerprint density at radius 1 is 1.36 bits per heavy atom. The van der Waals surface area contributed by atoms with Gasteiger partial charge in [0, 0.05) is 42.7 Å². The number of methoxy groups -OCH3 is 1. The van der Waals surface area contributed by atoms with E-state index in [1.807, 2.05) is 23.1 Å². The second-order valence-corrected chi connectivity index (χ2v) is 7.00. The van der Waals surface area contributed by atoms with E-state index >= 15 is 0 Å². The van der Waals surface area contributed by atoms with E-state index in [9.17, 15) is 14.7 Å². The van der Waals surface area contributed by atoms with Gasteiger partial charge >= 0.3 is 5.97 Å². The Balaban J connectivity index is 1.74.